The van der Waals surface area contributed by atoms with E-state index in [0.29, 0.717) is 37.7 Å². The van der Waals surface area contributed by atoms with Crippen molar-refractivity contribution >= 4 is 38.8 Å². The Bertz CT molecular complexity index is 1750. The Hall–Kier alpha value is -2.56. The fraction of sp³-hybridized carbons (Fsp3) is 0.619. The summed E-state index contributed by atoms with van der Waals surface area (Å²) in [5.74, 6) is 4.81. The van der Waals surface area contributed by atoms with Gasteiger partial charge in [0.05, 0.1) is 27.6 Å². The molecule has 2 N–H and O–H groups in total. The first kappa shape index (κ1) is 37.7. The molecule has 3 fully saturated rings. The Morgan fingerprint density at radius 1 is 1.06 bits per heavy atom. The number of carbonyl (C=O) groups is 1. The van der Waals surface area contributed by atoms with Crippen LogP contribution in [-0.2, 0) is 16.1 Å². The topological polar surface area (TPSA) is 85.3 Å². The summed E-state index contributed by atoms with van der Waals surface area (Å²) in [6.07, 6.45) is 12.6. The molecule has 8 unspecified atom stereocenters. The van der Waals surface area contributed by atoms with E-state index in [0.717, 1.165) is 68.3 Å². The number of piperidine rings is 1. The van der Waals surface area contributed by atoms with Crippen molar-refractivity contribution in [2.24, 2.45) is 17.8 Å². The molecule has 2 aromatic carbocycles. The summed E-state index contributed by atoms with van der Waals surface area (Å²) in [4.78, 5) is 21.3. The standard InChI is InChI=1S/C42H59ClN4O4S/c1-5-9-31-22-35(43)14-15-37(31)34-25-47-24-33-12-16-38(33)42(49,28-45-20-21-46-19-7-6-11-36(46)26-45)18-8-10-29(2)30(3)52(4,50)44-41(48)32-13-17-40(51-27-34)39(47)23-32/h8,13-15,17-18,22-23,29-30,33-34,36,38,49H,4-7,9-12,16,19-21,24-28H2,1-3H3,(H,44,48,50)/b18-8+. The second-order valence-electron chi connectivity index (χ2n) is 16.5. The van der Waals surface area contributed by atoms with Gasteiger partial charge in [0.2, 0.25) is 0 Å². The zero-order valence-corrected chi connectivity index (χ0v) is 33.0. The molecule has 284 valence electrons. The van der Waals surface area contributed by atoms with E-state index in [-0.39, 0.29) is 34.8 Å². The SMILES string of the molecule is C=S1(=O)NC(=O)c2ccc3c(c2)N(CC(c2ccc(Cl)cc2CCC)CO3)CC2CCC2C(O)(CN2CCN3CCCCC3C2)/C=C/CC(C)C1C. The average Bonchev–Trinajstić information content (AvgIpc) is 3.28. The van der Waals surface area contributed by atoms with Gasteiger partial charge >= 0.3 is 0 Å². The summed E-state index contributed by atoms with van der Waals surface area (Å²) in [6, 6.07) is 12.4. The number of ether oxygens (including phenoxy) is 1. The first-order chi connectivity index (χ1) is 24.9. The lowest BCUT2D eigenvalue weighted by molar-refractivity contribution is -0.0765. The molecule has 8 atom stereocenters. The van der Waals surface area contributed by atoms with Crippen LogP contribution < -0.4 is 14.4 Å². The number of hydrogen-bond donors (Lipinski definition) is 2. The van der Waals surface area contributed by atoms with Gasteiger partial charge in [0, 0.05) is 67.1 Å². The molecule has 2 bridgehead atoms. The Labute approximate surface area is 317 Å². The summed E-state index contributed by atoms with van der Waals surface area (Å²) >= 11 is 6.49. The van der Waals surface area contributed by atoms with Crippen molar-refractivity contribution in [3.05, 3.63) is 70.3 Å². The highest BCUT2D eigenvalue weighted by molar-refractivity contribution is 7.99. The minimum Gasteiger partial charge on any atom is -0.491 e. The van der Waals surface area contributed by atoms with Crippen molar-refractivity contribution in [1.29, 1.82) is 0 Å². The number of fused-ring (bicyclic) bond motifs is 3. The van der Waals surface area contributed by atoms with Crippen LogP contribution in [0.1, 0.15) is 93.1 Å². The summed E-state index contributed by atoms with van der Waals surface area (Å²) in [5.41, 5.74) is 2.81. The van der Waals surface area contributed by atoms with Gasteiger partial charge in [-0.2, -0.15) is 0 Å². The number of β-amino-alcohol motifs (C(OH)–C–C–N with tert-alkyl or cyclic N) is 1. The maximum absolute atomic E-state index is 14.0. The highest BCUT2D eigenvalue weighted by Crippen LogP contribution is 2.46. The Morgan fingerprint density at radius 2 is 1.90 bits per heavy atom. The predicted octanol–water partition coefficient (Wildman–Crippen LogP) is 6.55. The van der Waals surface area contributed by atoms with Crippen molar-refractivity contribution in [2.45, 2.75) is 94.9 Å². The molecular weight excluding hydrogens is 692 g/mol. The van der Waals surface area contributed by atoms with Gasteiger partial charge < -0.3 is 14.7 Å². The average molecular weight is 751 g/mol. The Balaban J connectivity index is 1.25. The largest absolute Gasteiger partial charge is 0.491 e. The zero-order valence-electron chi connectivity index (χ0n) is 31.4. The fourth-order valence-corrected chi connectivity index (χ4v) is 11.2. The lowest BCUT2D eigenvalue weighted by Gasteiger charge is -2.51. The van der Waals surface area contributed by atoms with Crippen LogP contribution in [0.15, 0.2) is 48.6 Å². The molecule has 0 aromatic heterocycles. The number of benzene rings is 2. The van der Waals surface area contributed by atoms with Gasteiger partial charge in [0.15, 0.2) is 0 Å². The third-order valence-corrected chi connectivity index (χ3v) is 15.4. The van der Waals surface area contributed by atoms with Crippen LogP contribution in [0.4, 0.5) is 5.69 Å². The molecule has 0 radical (unpaired) electrons. The van der Waals surface area contributed by atoms with Crippen molar-refractivity contribution in [3.63, 3.8) is 0 Å². The number of aliphatic hydroxyl groups is 1. The lowest BCUT2D eigenvalue weighted by Crippen LogP contribution is -2.60. The molecule has 4 heterocycles. The number of anilines is 1. The number of nitrogens with one attached hydrogen (secondary N) is 1. The molecule has 10 heteroatoms. The number of hydrogen-bond acceptors (Lipinski definition) is 7. The molecule has 1 aliphatic carbocycles. The zero-order chi connectivity index (χ0) is 36.6. The van der Waals surface area contributed by atoms with E-state index in [1.54, 1.807) is 6.07 Å². The van der Waals surface area contributed by atoms with Gasteiger partial charge in [-0.15, -0.1) is 0 Å². The first-order valence-electron chi connectivity index (χ1n) is 19.8. The van der Waals surface area contributed by atoms with Crippen LogP contribution >= 0.6 is 11.6 Å². The smallest absolute Gasteiger partial charge is 0.262 e. The summed E-state index contributed by atoms with van der Waals surface area (Å²) in [7, 11) is -2.97. The lowest BCUT2D eigenvalue weighted by atomic mass is 9.64. The van der Waals surface area contributed by atoms with E-state index in [2.05, 4.69) is 63.4 Å². The number of rotatable bonds is 5. The molecule has 4 aliphatic heterocycles. The monoisotopic (exact) mass is 750 g/mol. The normalized spacial score (nSPS) is 35.2. The van der Waals surface area contributed by atoms with Crippen molar-refractivity contribution in [3.8, 4) is 5.75 Å². The quantitative estimate of drug-likeness (QED) is 0.265. The molecule has 8 nitrogen and oxygen atoms in total. The van der Waals surface area contributed by atoms with Crippen LogP contribution in [0.3, 0.4) is 0 Å². The van der Waals surface area contributed by atoms with Crippen LogP contribution in [0.2, 0.25) is 5.02 Å². The molecular formula is C42H59ClN4O4S. The number of carbonyl (C=O) groups excluding carboxylic acids is 1. The maximum atomic E-state index is 14.0. The fourth-order valence-electron chi connectivity index (χ4n) is 9.56. The van der Waals surface area contributed by atoms with E-state index < -0.39 is 15.3 Å². The molecule has 2 saturated heterocycles. The molecule has 1 saturated carbocycles. The number of aryl methyl sites for hydroxylation is 1. The Morgan fingerprint density at radius 3 is 2.69 bits per heavy atom. The van der Waals surface area contributed by atoms with Gasteiger partial charge in [-0.3, -0.25) is 19.3 Å². The molecule has 0 spiro atoms. The van der Waals surface area contributed by atoms with Crippen molar-refractivity contribution in [2.75, 3.05) is 57.3 Å². The van der Waals surface area contributed by atoms with Gasteiger partial charge in [0.1, 0.15) is 5.75 Å². The highest BCUT2D eigenvalue weighted by Gasteiger charge is 2.47. The van der Waals surface area contributed by atoms with Gasteiger partial charge in [-0.1, -0.05) is 56.5 Å². The maximum Gasteiger partial charge on any atom is 0.262 e. The molecule has 5 aliphatic rings. The van der Waals surface area contributed by atoms with E-state index in [4.69, 9.17) is 16.3 Å². The predicted molar refractivity (Wildman–Crippen MR) is 214 cm³/mol. The van der Waals surface area contributed by atoms with E-state index in [9.17, 15) is 14.1 Å². The summed E-state index contributed by atoms with van der Waals surface area (Å²) in [6.45, 7) is 13.0. The third-order valence-electron chi connectivity index (χ3n) is 13.0. The second-order valence-corrected chi connectivity index (χ2v) is 19.4. The van der Waals surface area contributed by atoms with Crippen LogP contribution in [0.25, 0.3) is 0 Å². The number of halogens is 1. The van der Waals surface area contributed by atoms with Crippen molar-refractivity contribution < 1.29 is 18.8 Å². The molecule has 2 aromatic rings. The number of amides is 1. The van der Waals surface area contributed by atoms with Gasteiger partial charge in [0.25, 0.3) is 5.91 Å². The molecule has 52 heavy (non-hydrogen) atoms. The number of allylic oxidation sites excluding steroid dienone is 1. The van der Waals surface area contributed by atoms with Gasteiger partial charge in [-0.05, 0) is 117 Å². The third kappa shape index (κ3) is 7.95. The van der Waals surface area contributed by atoms with Gasteiger partial charge in [-0.25, -0.2) is 4.21 Å². The molecule has 1 amide bonds. The minimum absolute atomic E-state index is 0.0139. The second kappa shape index (κ2) is 15.7. The first-order valence-corrected chi connectivity index (χ1v) is 22.0. The van der Waals surface area contributed by atoms with Crippen molar-refractivity contribution in [1.82, 2.24) is 14.5 Å². The van der Waals surface area contributed by atoms with Crippen LogP contribution in [-0.4, -0.2) is 100 Å². The summed E-state index contributed by atoms with van der Waals surface area (Å²) in [5, 5.41) is 13.2. The highest BCUT2D eigenvalue weighted by atomic mass is 35.5. The minimum atomic E-state index is -2.97. The van der Waals surface area contributed by atoms with E-state index in [1.165, 1.54) is 36.9 Å². The van der Waals surface area contributed by atoms with E-state index >= 15 is 0 Å². The number of piperazine rings is 1. The Kier molecular flexibility index (Phi) is 11.4. The molecule has 7 rings (SSSR count). The van der Waals surface area contributed by atoms with Crippen LogP contribution in [0, 0.1) is 17.8 Å². The van der Waals surface area contributed by atoms with E-state index in [1.807, 2.05) is 25.1 Å². The van der Waals surface area contributed by atoms with Crippen LogP contribution in [0.5, 0.6) is 5.75 Å². The number of nitrogens with zero attached hydrogens (tertiary/aromatic N) is 3. The summed E-state index contributed by atoms with van der Waals surface area (Å²) < 4.78 is 23.4.